The van der Waals surface area contributed by atoms with E-state index in [2.05, 4.69) is 65.5 Å². The molecule has 0 heterocycles. The maximum absolute atomic E-state index is 12.9. The van der Waals surface area contributed by atoms with Crippen molar-refractivity contribution < 1.29 is 19.4 Å². The molecule has 0 saturated heterocycles. The first-order valence-corrected chi connectivity index (χ1v) is 15.7. The highest BCUT2D eigenvalue weighted by Crippen LogP contribution is 2.59. The van der Waals surface area contributed by atoms with Gasteiger partial charge in [0.1, 0.15) is 6.10 Å². The smallest absolute Gasteiger partial charge is 0.338 e. The fourth-order valence-electron chi connectivity index (χ4n) is 7.47. The third kappa shape index (κ3) is 7.34. The molecule has 3 aliphatic rings. The third-order valence-corrected chi connectivity index (χ3v) is 10.4. The molecule has 4 rings (SSSR count). The predicted molar refractivity (Wildman–Crippen MR) is 169 cm³/mol. The summed E-state index contributed by atoms with van der Waals surface area (Å²) < 4.78 is 5.70. The topological polar surface area (TPSA) is 113 Å². The van der Waals surface area contributed by atoms with Gasteiger partial charge in [-0.2, -0.15) is 0 Å². The second-order valence-electron chi connectivity index (χ2n) is 13.5. The van der Waals surface area contributed by atoms with Crippen molar-refractivity contribution in [2.75, 3.05) is 0 Å². The lowest BCUT2D eigenvalue weighted by atomic mass is 9.61. The molecule has 0 unspecified atom stereocenters. The molecule has 6 atom stereocenters. The summed E-state index contributed by atoms with van der Waals surface area (Å²) >= 11 is 0. The molecule has 1 aromatic rings. The van der Waals surface area contributed by atoms with Gasteiger partial charge in [-0.15, -0.1) is 0 Å². The summed E-state index contributed by atoms with van der Waals surface area (Å²) in [6.45, 7) is 16.0. The number of ether oxygens (including phenoxy) is 1. The molecule has 0 radical (unpaired) electrons. The van der Waals surface area contributed by atoms with Gasteiger partial charge in [0.2, 0.25) is 0 Å². The standard InChI is InChI=1S/C35H46N2O6/c1-22(2)23(3)9-10-25(5)32-15-16-33-26(8-7-17-35(32,33)6)12-13-27-20-31(14-11-24(27)4)43-34(38)28-18-29(36(39)40)21-30(19-28)37(41)42/h9-10,12-13,18-19,21-23,25,31-33H,4,7-8,11,14-17,20H2,1-3,5-6H3/b10-9+,26-12+,27-13-/t23-,25+,31-,32+,33+,35+/m0/s1. The maximum atomic E-state index is 12.9. The molecule has 3 aliphatic carbocycles. The van der Waals surface area contributed by atoms with Crippen LogP contribution >= 0.6 is 0 Å². The normalized spacial score (nSPS) is 29.2. The number of rotatable bonds is 9. The van der Waals surface area contributed by atoms with Crippen LogP contribution in [0.4, 0.5) is 11.4 Å². The Bertz CT molecular complexity index is 1330. The number of nitro groups is 2. The highest BCUT2D eigenvalue weighted by molar-refractivity contribution is 5.91. The molecule has 43 heavy (non-hydrogen) atoms. The van der Waals surface area contributed by atoms with Gasteiger partial charge in [-0.1, -0.05) is 76.6 Å². The minimum Gasteiger partial charge on any atom is -0.458 e. The zero-order valence-electron chi connectivity index (χ0n) is 26.2. The van der Waals surface area contributed by atoms with Gasteiger partial charge in [0.15, 0.2) is 0 Å². The van der Waals surface area contributed by atoms with Crippen molar-refractivity contribution in [2.45, 2.75) is 92.1 Å². The van der Waals surface area contributed by atoms with E-state index in [1.54, 1.807) is 0 Å². The van der Waals surface area contributed by atoms with Gasteiger partial charge >= 0.3 is 5.97 Å². The molecule has 0 amide bonds. The van der Waals surface area contributed by atoms with Crippen LogP contribution in [0.3, 0.4) is 0 Å². The lowest BCUT2D eigenvalue weighted by Gasteiger charge is -2.44. The molecule has 3 saturated carbocycles. The quantitative estimate of drug-likeness (QED) is 0.123. The highest BCUT2D eigenvalue weighted by Gasteiger charge is 2.50. The van der Waals surface area contributed by atoms with E-state index in [0.29, 0.717) is 48.9 Å². The van der Waals surface area contributed by atoms with Crippen LogP contribution in [0, 0.1) is 55.2 Å². The number of hydrogen-bond donors (Lipinski definition) is 0. The predicted octanol–water partition coefficient (Wildman–Crippen LogP) is 9.32. The Morgan fingerprint density at radius 1 is 1.00 bits per heavy atom. The van der Waals surface area contributed by atoms with E-state index in [4.69, 9.17) is 4.74 Å². The molecular formula is C35H46N2O6. The molecule has 8 heteroatoms. The molecule has 0 aliphatic heterocycles. The lowest BCUT2D eigenvalue weighted by molar-refractivity contribution is -0.394. The van der Waals surface area contributed by atoms with E-state index in [1.165, 1.54) is 31.3 Å². The number of non-ortho nitro benzene ring substituents is 2. The summed E-state index contributed by atoms with van der Waals surface area (Å²) in [5.41, 5.74) is 2.63. The lowest BCUT2D eigenvalue weighted by Crippen LogP contribution is -2.35. The number of benzene rings is 1. The second kappa shape index (κ2) is 13.4. The number of fused-ring (bicyclic) bond motifs is 1. The summed E-state index contributed by atoms with van der Waals surface area (Å²) in [5, 5.41) is 22.5. The van der Waals surface area contributed by atoms with E-state index < -0.39 is 33.3 Å². The monoisotopic (exact) mass is 590 g/mol. The van der Waals surface area contributed by atoms with Crippen molar-refractivity contribution in [3.63, 3.8) is 0 Å². The van der Waals surface area contributed by atoms with Crippen LogP contribution in [0.2, 0.25) is 0 Å². The first-order valence-electron chi connectivity index (χ1n) is 15.7. The number of esters is 1. The first kappa shape index (κ1) is 32.4. The maximum Gasteiger partial charge on any atom is 0.338 e. The molecule has 1 aromatic carbocycles. The fraction of sp³-hybridized carbons (Fsp3) is 0.571. The Morgan fingerprint density at radius 3 is 2.30 bits per heavy atom. The van der Waals surface area contributed by atoms with Crippen LogP contribution in [-0.4, -0.2) is 21.9 Å². The van der Waals surface area contributed by atoms with Crippen LogP contribution in [0.1, 0.15) is 96.3 Å². The van der Waals surface area contributed by atoms with Crippen molar-refractivity contribution in [1.29, 1.82) is 0 Å². The summed E-state index contributed by atoms with van der Waals surface area (Å²) in [7, 11) is 0. The minimum absolute atomic E-state index is 0.196. The van der Waals surface area contributed by atoms with Gasteiger partial charge < -0.3 is 4.74 Å². The summed E-state index contributed by atoms with van der Waals surface area (Å²) in [6, 6.07) is 2.88. The largest absolute Gasteiger partial charge is 0.458 e. The fourth-order valence-corrected chi connectivity index (χ4v) is 7.47. The molecule has 0 bridgehead atoms. The molecule has 232 valence electrons. The summed E-state index contributed by atoms with van der Waals surface area (Å²) in [4.78, 5) is 33.9. The first-order chi connectivity index (χ1) is 20.3. The number of carbonyl (C=O) groups excluding carboxylic acids is 1. The van der Waals surface area contributed by atoms with Crippen molar-refractivity contribution in [1.82, 2.24) is 0 Å². The molecular weight excluding hydrogens is 544 g/mol. The average molecular weight is 591 g/mol. The minimum atomic E-state index is -0.798. The summed E-state index contributed by atoms with van der Waals surface area (Å²) in [6.07, 6.45) is 16.6. The highest BCUT2D eigenvalue weighted by atomic mass is 16.6. The number of carbonyl (C=O) groups is 1. The summed E-state index contributed by atoms with van der Waals surface area (Å²) in [5.74, 6) is 2.21. The Morgan fingerprint density at radius 2 is 1.67 bits per heavy atom. The van der Waals surface area contributed by atoms with Crippen molar-refractivity contribution in [3.05, 3.63) is 91.6 Å². The number of nitro benzene ring substituents is 2. The number of allylic oxidation sites excluding steroid dienone is 6. The zero-order valence-corrected chi connectivity index (χ0v) is 26.2. The Labute approximate surface area is 255 Å². The molecule has 0 spiro atoms. The van der Waals surface area contributed by atoms with Gasteiger partial charge in [0.25, 0.3) is 11.4 Å². The SMILES string of the molecule is C=C1CC[C@H](OC(=O)c2cc([N+](=O)[O-])cc([N+](=O)[O-])c2)C/C1=C/C=C1\CCC[C@@]2(C)[C@@H]1CC[C@@H]2[C@H](C)/C=C/[C@H](C)C(C)C. The Kier molecular flexibility index (Phi) is 10.1. The average Bonchev–Trinajstić information content (AvgIpc) is 3.33. The zero-order chi connectivity index (χ0) is 31.5. The van der Waals surface area contributed by atoms with E-state index in [-0.39, 0.29) is 11.0 Å². The number of hydrogen-bond acceptors (Lipinski definition) is 6. The van der Waals surface area contributed by atoms with Crippen molar-refractivity contribution in [3.8, 4) is 0 Å². The number of nitrogens with zero attached hydrogens (tertiary/aromatic N) is 2. The van der Waals surface area contributed by atoms with Crippen LogP contribution in [-0.2, 0) is 4.74 Å². The van der Waals surface area contributed by atoms with Gasteiger partial charge in [0.05, 0.1) is 21.5 Å². The Balaban J connectivity index is 1.47. The van der Waals surface area contributed by atoms with Crippen LogP contribution in [0.5, 0.6) is 0 Å². The van der Waals surface area contributed by atoms with Crippen LogP contribution < -0.4 is 0 Å². The van der Waals surface area contributed by atoms with Crippen LogP contribution in [0.15, 0.2) is 65.8 Å². The van der Waals surface area contributed by atoms with E-state index >= 15 is 0 Å². The van der Waals surface area contributed by atoms with Crippen molar-refractivity contribution in [2.24, 2.45) is 35.0 Å². The van der Waals surface area contributed by atoms with Gasteiger partial charge in [0, 0.05) is 18.6 Å². The molecule has 8 nitrogen and oxygen atoms in total. The van der Waals surface area contributed by atoms with E-state index in [9.17, 15) is 25.0 Å². The van der Waals surface area contributed by atoms with E-state index in [0.717, 1.165) is 35.8 Å². The van der Waals surface area contributed by atoms with Gasteiger partial charge in [-0.25, -0.2) is 4.79 Å². The van der Waals surface area contributed by atoms with Crippen LogP contribution in [0.25, 0.3) is 0 Å². The third-order valence-electron chi connectivity index (χ3n) is 10.4. The molecule has 0 aromatic heterocycles. The van der Waals surface area contributed by atoms with Gasteiger partial charge in [-0.05, 0) is 85.5 Å². The molecule has 3 fully saturated rings. The van der Waals surface area contributed by atoms with Gasteiger partial charge in [-0.3, -0.25) is 20.2 Å². The van der Waals surface area contributed by atoms with E-state index in [1.807, 2.05) is 0 Å². The van der Waals surface area contributed by atoms with Crippen molar-refractivity contribution >= 4 is 17.3 Å². The molecule has 0 N–H and O–H groups in total. The Hall–Kier alpha value is -3.55. The second-order valence-corrected chi connectivity index (χ2v) is 13.5.